The molecule has 1 aromatic heterocycles. The molecule has 0 saturated carbocycles. The van der Waals surface area contributed by atoms with Gasteiger partial charge in [0.25, 0.3) is 5.91 Å². The first kappa shape index (κ1) is 14.1. The van der Waals surface area contributed by atoms with Crippen molar-refractivity contribution in [2.75, 3.05) is 37.0 Å². The van der Waals surface area contributed by atoms with Gasteiger partial charge in [-0.05, 0) is 12.2 Å². The van der Waals surface area contributed by atoms with Gasteiger partial charge in [-0.2, -0.15) is 0 Å². The fourth-order valence-electron chi connectivity index (χ4n) is 1.75. The molecule has 1 aliphatic rings. The largest absolute Gasteiger partial charge is 0.378 e. The summed E-state index contributed by atoms with van der Waals surface area (Å²) in [4.78, 5) is 22.1. The molecule has 0 aliphatic carbocycles. The Hall–Kier alpha value is -1.34. The molecule has 1 aromatic rings. The molecule has 1 amide bonds. The Labute approximate surface area is 116 Å². The number of rotatable bonds is 5. The predicted molar refractivity (Wildman–Crippen MR) is 74.6 cm³/mol. The highest BCUT2D eigenvalue weighted by molar-refractivity contribution is 7.99. The first-order valence-electron chi connectivity index (χ1n) is 6.34. The molecule has 0 aromatic carbocycles. The summed E-state index contributed by atoms with van der Waals surface area (Å²) in [6.07, 6.45) is 2.54. The molecular formula is C12H18N4O2S. The van der Waals surface area contributed by atoms with Crippen molar-refractivity contribution >= 4 is 23.6 Å². The molecule has 0 bridgehead atoms. The number of anilines is 1. The van der Waals surface area contributed by atoms with Crippen LogP contribution in [0.5, 0.6) is 0 Å². The summed E-state index contributed by atoms with van der Waals surface area (Å²) >= 11 is 1.54. The van der Waals surface area contributed by atoms with Crippen LogP contribution in [0.3, 0.4) is 0 Å². The summed E-state index contributed by atoms with van der Waals surface area (Å²) < 4.78 is 5.30. The van der Waals surface area contributed by atoms with Crippen molar-refractivity contribution in [1.29, 1.82) is 0 Å². The second-order valence-electron chi connectivity index (χ2n) is 4.20. The smallest absolute Gasteiger partial charge is 0.253 e. The van der Waals surface area contributed by atoms with Crippen LogP contribution >= 0.6 is 11.8 Å². The van der Waals surface area contributed by atoms with Crippen LogP contribution in [0.15, 0.2) is 11.2 Å². The van der Waals surface area contributed by atoms with Crippen molar-refractivity contribution in [2.24, 2.45) is 5.73 Å². The number of nitrogens with two attached hydrogens (primary N) is 1. The average Bonchev–Trinajstić information content (AvgIpc) is 2.45. The average molecular weight is 282 g/mol. The molecule has 1 aliphatic heterocycles. The number of aromatic nitrogens is 2. The van der Waals surface area contributed by atoms with E-state index in [-0.39, 0.29) is 0 Å². The van der Waals surface area contributed by atoms with E-state index < -0.39 is 5.91 Å². The van der Waals surface area contributed by atoms with Crippen LogP contribution < -0.4 is 10.6 Å². The number of primary amides is 1. The van der Waals surface area contributed by atoms with Gasteiger partial charge in [-0.3, -0.25) is 4.79 Å². The summed E-state index contributed by atoms with van der Waals surface area (Å²) in [5.41, 5.74) is 5.75. The van der Waals surface area contributed by atoms with Gasteiger partial charge in [-0.1, -0.05) is 6.92 Å². The second kappa shape index (κ2) is 6.72. The van der Waals surface area contributed by atoms with Gasteiger partial charge >= 0.3 is 0 Å². The van der Waals surface area contributed by atoms with Gasteiger partial charge in [-0.15, -0.1) is 11.8 Å². The third-order valence-electron chi connectivity index (χ3n) is 2.74. The number of thioether (sulfide) groups is 1. The molecule has 2 rings (SSSR count). The molecule has 0 radical (unpaired) electrons. The Kier molecular flexibility index (Phi) is 4.98. The Morgan fingerprint density at radius 1 is 1.53 bits per heavy atom. The summed E-state index contributed by atoms with van der Waals surface area (Å²) in [6.45, 7) is 4.99. The van der Waals surface area contributed by atoms with E-state index in [1.165, 1.54) is 6.20 Å². The lowest BCUT2D eigenvalue weighted by Crippen LogP contribution is -2.37. The highest BCUT2D eigenvalue weighted by Gasteiger charge is 2.17. The number of carbonyl (C=O) groups is 1. The van der Waals surface area contributed by atoms with Crippen LogP contribution in [-0.4, -0.2) is 47.9 Å². The number of amides is 1. The molecule has 6 nitrogen and oxygen atoms in total. The van der Waals surface area contributed by atoms with E-state index in [2.05, 4.69) is 21.8 Å². The molecule has 7 heteroatoms. The van der Waals surface area contributed by atoms with Gasteiger partial charge in [0, 0.05) is 19.3 Å². The lowest BCUT2D eigenvalue weighted by molar-refractivity contribution is 0.0996. The van der Waals surface area contributed by atoms with Crippen molar-refractivity contribution in [3.8, 4) is 0 Å². The van der Waals surface area contributed by atoms with E-state index in [0.717, 1.165) is 25.3 Å². The Bertz CT molecular complexity index is 449. The first-order valence-corrected chi connectivity index (χ1v) is 7.33. The summed E-state index contributed by atoms with van der Waals surface area (Å²) in [5, 5.41) is 0.672. The Morgan fingerprint density at radius 2 is 2.26 bits per heavy atom. The number of ether oxygens (including phenoxy) is 1. The summed E-state index contributed by atoms with van der Waals surface area (Å²) in [7, 11) is 0. The third kappa shape index (κ3) is 3.57. The van der Waals surface area contributed by atoms with Crippen molar-refractivity contribution in [3.63, 3.8) is 0 Å². The van der Waals surface area contributed by atoms with E-state index in [0.29, 0.717) is 29.8 Å². The Balaban J connectivity index is 2.23. The molecule has 1 saturated heterocycles. The maximum absolute atomic E-state index is 11.4. The number of morpholine rings is 1. The minimum Gasteiger partial charge on any atom is -0.378 e. The molecular weight excluding hydrogens is 264 g/mol. The molecule has 0 spiro atoms. The number of carbonyl (C=O) groups excluding carboxylic acids is 1. The Morgan fingerprint density at radius 3 is 2.89 bits per heavy atom. The van der Waals surface area contributed by atoms with Crippen LogP contribution in [-0.2, 0) is 4.74 Å². The maximum Gasteiger partial charge on any atom is 0.253 e. The van der Waals surface area contributed by atoms with E-state index >= 15 is 0 Å². The van der Waals surface area contributed by atoms with E-state index in [1.54, 1.807) is 11.8 Å². The quantitative estimate of drug-likeness (QED) is 0.638. The monoisotopic (exact) mass is 282 g/mol. The van der Waals surface area contributed by atoms with Gasteiger partial charge in [0.15, 0.2) is 0 Å². The van der Waals surface area contributed by atoms with Gasteiger partial charge in [0.2, 0.25) is 5.95 Å². The summed E-state index contributed by atoms with van der Waals surface area (Å²) in [5.74, 6) is 1.07. The topological polar surface area (TPSA) is 81.3 Å². The van der Waals surface area contributed by atoms with Crippen LogP contribution in [0.4, 0.5) is 5.95 Å². The molecule has 0 unspecified atom stereocenters. The van der Waals surface area contributed by atoms with Crippen LogP contribution in [0.1, 0.15) is 23.7 Å². The van der Waals surface area contributed by atoms with Crippen LogP contribution in [0.2, 0.25) is 0 Å². The van der Waals surface area contributed by atoms with E-state index in [1.807, 2.05) is 0 Å². The van der Waals surface area contributed by atoms with E-state index in [4.69, 9.17) is 10.5 Å². The predicted octanol–water partition coefficient (Wildman–Crippen LogP) is 0.914. The molecule has 2 heterocycles. The second-order valence-corrected chi connectivity index (χ2v) is 5.28. The highest BCUT2D eigenvalue weighted by Crippen LogP contribution is 2.23. The highest BCUT2D eigenvalue weighted by atomic mass is 32.2. The van der Waals surface area contributed by atoms with E-state index in [9.17, 15) is 4.79 Å². The lowest BCUT2D eigenvalue weighted by Gasteiger charge is -2.27. The van der Waals surface area contributed by atoms with Gasteiger partial charge in [0.1, 0.15) is 5.03 Å². The van der Waals surface area contributed by atoms with Crippen molar-refractivity contribution in [3.05, 3.63) is 11.8 Å². The molecule has 19 heavy (non-hydrogen) atoms. The van der Waals surface area contributed by atoms with Crippen molar-refractivity contribution in [1.82, 2.24) is 9.97 Å². The standard InChI is InChI=1S/C12H18N4O2S/c1-2-7-19-11-9(10(13)17)8-14-12(15-11)16-3-5-18-6-4-16/h8H,2-7H2,1H3,(H2,13,17). The summed E-state index contributed by atoms with van der Waals surface area (Å²) in [6, 6.07) is 0. The fourth-order valence-corrected chi connectivity index (χ4v) is 2.60. The number of hydrogen-bond acceptors (Lipinski definition) is 6. The zero-order valence-corrected chi connectivity index (χ0v) is 11.8. The SMILES string of the molecule is CCCSc1nc(N2CCOCC2)ncc1C(N)=O. The number of nitrogens with zero attached hydrogens (tertiary/aromatic N) is 3. The molecule has 0 atom stereocenters. The van der Waals surface area contributed by atoms with Gasteiger partial charge in [-0.25, -0.2) is 9.97 Å². The van der Waals surface area contributed by atoms with Gasteiger partial charge < -0.3 is 15.4 Å². The minimum atomic E-state index is -0.480. The first-order chi connectivity index (χ1) is 9.22. The van der Waals surface area contributed by atoms with Crippen LogP contribution in [0, 0.1) is 0 Å². The zero-order chi connectivity index (χ0) is 13.7. The van der Waals surface area contributed by atoms with Crippen molar-refractivity contribution < 1.29 is 9.53 Å². The maximum atomic E-state index is 11.4. The normalized spacial score (nSPS) is 15.5. The van der Waals surface area contributed by atoms with Crippen LogP contribution in [0.25, 0.3) is 0 Å². The molecule has 2 N–H and O–H groups in total. The minimum absolute atomic E-state index is 0.399. The van der Waals surface area contributed by atoms with Crippen molar-refractivity contribution in [2.45, 2.75) is 18.4 Å². The van der Waals surface area contributed by atoms with Gasteiger partial charge in [0.05, 0.1) is 18.8 Å². The number of hydrogen-bond donors (Lipinski definition) is 1. The molecule has 104 valence electrons. The third-order valence-corrected chi connectivity index (χ3v) is 3.94. The zero-order valence-electron chi connectivity index (χ0n) is 11.0. The lowest BCUT2D eigenvalue weighted by atomic mass is 10.3. The molecule has 1 fully saturated rings. The fraction of sp³-hybridized carbons (Fsp3) is 0.583.